The number of likely N-dealkylation sites (tertiary alicyclic amines) is 1. The molecule has 1 fully saturated rings. The van der Waals surface area contributed by atoms with Crippen LogP contribution in [-0.2, 0) is 0 Å². The van der Waals surface area contributed by atoms with Gasteiger partial charge in [0.05, 0.1) is 5.92 Å². The van der Waals surface area contributed by atoms with Crippen LogP contribution in [-0.4, -0.2) is 36.2 Å². The molecule has 1 heterocycles. The van der Waals surface area contributed by atoms with Crippen LogP contribution in [0.3, 0.4) is 0 Å². The van der Waals surface area contributed by atoms with Crippen molar-refractivity contribution in [1.82, 2.24) is 4.90 Å². The van der Waals surface area contributed by atoms with Gasteiger partial charge < -0.3 is 5.73 Å². The molecule has 0 aromatic carbocycles. The van der Waals surface area contributed by atoms with Gasteiger partial charge in [-0.25, -0.2) is 0 Å². The first-order valence-corrected chi connectivity index (χ1v) is 5.38. The van der Waals surface area contributed by atoms with Crippen LogP contribution >= 0.6 is 0 Å². The summed E-state index contributed by atoms with van der Waals surface area (Å²) in [7, 11) is 0. The van der Waals surface area contributed by atoms with E-state index >= 15 is 0 Å². The summed E-state index contributed by atoms with van der Waals surface area (Å²) >= 11 is 0. The van der Waals surface area contributed by atoms with Crippen molar-refractivity contribution in [3.05, 3.63) is 0 Å². The van der Waals surface area contributed by atoms with Gasteiger partial charge in [0.2, 0.25) is 0 Å². The third-order valence-corrected chi connectivity index (χ3v) is 3.33. The molecule has 0 saturated carbocycles. The molecule has 1 rings (SSSR count). The molecule has 2 nitrogen and oxygen atoms in total. The van der Waals surface area contributed by atoms with Gasteiger partial charge >= 0.3 is 6.18 Å². The quantitative estimate of drug-likeness (QED) is 0.777. The molecule has 0 bridgehead atoms. The van der Waals surface area contributed by atoms with E-state index in [1.54, 1.807) is 0 Å². The van der Waals surface area contributed by atoms with Gasteiger partial charge in [-0.1, -0.05) is 0 Å². The molecule has 0 aliphatic carbocycles. The van der Waals surface area contributed by atoms with Gasteiger partial charge in [-0.2, -0.15) is 13.2 Å². The SMILES string of the molecule is CC(N)C(C)N1CCC(C(F)(F)F)CC1. The Morgan fingerprint density at radius 2 is 1.67 bits per heavy atom. The minimum atomic E-state index is -4.02. The van der Waals surface area contributed by atoms with Gasteiger partial charge in [-0.05, 0) is 39.8 Å². The van der Waals surface area contributed by atoms with E-state index in [4.69, 9.17) is 5.73 Å². The molecule has 0 radical (unpaired) electrons. The maximum absolute atomic E-state index is 12.4. The summed E-state index contributed by atoms with van der Waals surface area (Å²) < 4.78 is 37.2. The van der Waals surface area contributed by atoms with Gasteiger partial charge in [-0.3, -0.25) is 4.90 Å². The van der Waals surface area contributed by atoms with Crippen molar-refractivity contribution in [1.29, 1.82) is 0 Å². The Labute approximate surface area is 88.6 Å². The zero-order chi connectivity index (χ0) is 11.6. The lowest BCUT2D eigenvalue weighted by atomic mass is 9.94. The Hall–Kier alpha value is -0.290. The van der Waals surface area contributed by atoms with E-state index in [1.807, 2.05) is 18.7 Å². The van der Waals surface area contributed by atoms with Gasteiger partial charge in [-0.15, -0.1) is 0 Å². The van der Waals surface area contributed by atoms with E-state index in [9.17, 15) is 13.2 Å². The number of hydrogen-bond acceptors (Lipinski definition) is 2. The molecule has 2 unspecified atom stereocenters. The van der Waals surface area contributed by atoms with Crippen molar-refractivity contribution in [2.24, 2.45) is 11.7 Å². The van der Waals surface area contributed by atoms with Crippen LogP contribution < -0.4 is 5.73 Å². The van der Waals surface area contributed by atoms with Crippen molar-refractivity contribution in [2.45, 2.75) is 44.9 Å². The number of nitrogens with zero attached hydrogens (tertiary/aromatic N) is 1. The lowest BCUT2D eigenvalue weighted by molar-refractivity contribution is -0.186. The standard InChI is InChI=1S/C10H19F3N2/c1-7(14)8(2)15-5-3-9(4-6-15)10(11,12)13/h7-9H,3-6,14H2,1-2H3. The Bertz CT molecular complexity index is 195. The number of nitrogens with two attached hydrogens (primary N) is 1. The minimum Gasteiger partial charge on any atom is -0.327 e. The minimum absolute atomic E-state index is 0.00689. The fraction of sp³-hybridized carbons (Fsp3) is 1.00. The number of piperidine rings is 1. The second-order valence-electron chi connectivity index (χ2n) is 4.45. The van der Waals surface area contributed by atoms with Gasteiger partial charge in [0.25, 0.3) is 0 Å². The highest BCUT2D eigenvalue weighted by atomic mass is 19.4. The molecular weight excluding hydrogens is 205 g/mol. The molecule has 1 aliphatic rings. The van der Waals surface area contributed by atoms with E-state index in [0.717, 1.165) is 0 Å². The number of rotatable bonds is 2. The van der Waals surface area contributed by atoms with Crippen LogP contribution in [0.2, 0.25) is 0 Å². The third kappa shape index (κ3) is 3.34. The van der Waals surface area contributed by atoms with Crippen molar-refractivity contribution in [2.75, 3.05) is 13.1 Å². The Kier molecular flexibility index (Phi) is 4.00. The number of halogens is 3. The van der Waals surface area contributed by atoms with E-state index in [2.05, 4.69) is 0 Å². The van der Waals surface area contributed by atoms with Crippen LogP contribution in [0.1, 0.15) is 26.7 Å². The molecule has 2 atom stereocenters. The molecule has 2 N–H and O–H groups in total. The molecule has 0 spiro atoms. The second-order valence-corrected chi connectivity index (χ2v) is 4.45. The van der Waals surface area contributed by atoms with Crippen LogP contribution in [0.5, 0.6) is 0 Å². The summed E-state index contributed by atoms with van der Waals surface area (Å²) in [6.07, 6.45) is -3.61. The highest BCUT2D eigenvalue weighted by Gasteiger charge is 2.41. The molecule has 5 heteroatoms. The molecule has 0 aromatic heterocycles. The highest BCUT2D eigenvalue weighted by molar-refractivity contribution is 4.82. The highest BCUT2D eigenvalue weighted by Crippen LogP contribution is 2.34. The average Bonchev–Trinajstić information content (AvgIpc) is 2.15. The predicted octanol–water partition coefficient (Wildman–Crippen LogP) is 2.00. The monoisotopic (exact) mass is 224 g/mol. The van der Waals surface area contributed by atoms with Crippen molar-refractivity contribution in [3.63, 3.8) is 0 Å². The predicted molar refractivity (Wildman–Crippen MR) is 53.5 cm³/mol. The molecule has 0 aromatic rings. The average molecular weight is 224 g/mol. The fourth-order valence-electron chi connectivity index (χ4n) is 1.97. The Morgan fingerprint density at radius 1 is 1.20 bits per heavy atom. The lowest BCUT2D eigenvalue weighted by Crippen LogP contribution is -2.49. The van der Waals surface area contributed by atoms with Crippen LogP contribution in [0, 0.1) is 5.92 Å². The van der Waals surface area contributed by atoms with Crippen LogP contribution in [0.4, 0.5) is 13.2 Å². The Morgan fingerprint density at radius 3 is 2.00 bits per heavy atom. The summed E-state index contributed by atoms with van der Waals surface area (Å²) in [5.41, 5.74) is 5.72. The van der Waals surface area contributed by atoms with E-state index in [-0.39, 0.29) is 24.9 Å². The van der Waals surface area contributed by atoms with Gasteiger partial charge in [0.1, 0.15) is 0 Å². The molecular formula is C10H19F3N2. The van der Waals surface area contributed by atoms with Crippen molar-refractivity contribution in [3.8, 4) is 0 Å². The molecule has 90 valence electrons. The smallest absolute Gasteiger partial charge is 0.327 e. The lowest BCUT2D eigenvalue weighted by Gasteiger charge is -2.38. The normalized spacial score (nSPS) is 25.2. The summed E-state index contributed by atoms with van der Waals surface area (Å²) in [4.78, 5) is 2.05. The molecule has 1 saturated heterocycles. The van der Waals surface area contributed by atoms with Crippen molar-refractivity contribution >= 4 is 0 Å². The maximum atomic E-state index is 12.4. The Balaban J connectivity index is 2.42. The zero-order valence-corrected chi connectivity index (χ0v) is 9.22. The zero-order valence-electron chi connectivity index (χ0n) is 9.22. The molecule has 15 heavy (non-hydrogen) atoms. The first-order chi connectivity index (χ1) is 6.82. The number of hydrogen-bond donors (Lipinski definition) is 1. The first kappa shape index (κ1) is 12.8. The third-order valence-electron chi connectivity index (χ3n) is 3.33. The van der Waals surface area contributed by atoms with E-state index in [0.29, 0.717) is 13.1 Å². The summed E-state index contributed by atoms with van der Waals surface area (Å²) in [5, 5.41) is 0. The van der Waals surface area contributed by atoms with E-state index in [1.165, 1.54) is 0 Å². The van der Waals surface area contributed by atoms with Gasteiger partial charge in [0, 0.05) is 12.1 Å². The second kappa shape index (κ2) is 4.70. The van der Waals surface area contributed by atoms with Crippen LogP contribution in [0.25, 0.3) is 0 Å². The molecule has 1 aliphatic heterocycles. The summed E-state index contributed by atoms with van der Waals surface area (Å²) in [5.74, 6) is -1.12. The molecule has 0 amide bonds. The number of alkyl halides is 3. The first-order valence-electron chi connectivity index (χ1n) is 5.38. The largest absolute Gasteiger partial charge is 0.391 e. The topological polar surface area (TPSA) is 29.3 Å². The summed E-state index contributed by atoms with van der Waals surface area (Å²) in [6.45, 7) is 4.87. The fourth-order valence-corrected chi connectivity index (χ4v) is 1.97. The van der Waals surface area contributed by atoms with Crippen LogP contribution in [0.15, 0.2) is 0 Å². The maximum Gasteiger partial charge on any atom is 0.391 e. The van der Waals surface area contributed by atoms with E-state index < -0.39 is 12.1 Å². The van der Waals surface area contributed by atoms with Gasteiger partial charge in [0.15, 0.2) is 0 Å². The van der Waals surface area contributed by atoms with Crippen molar-refractivity contribution < 1.29 is 13.2 Å². The summed E-state index contributed by atoms with van der Waals surface area (Å²) in [6, 6.07) is 0.173.